The van der Waals surface area contributed by atoms with Crippen LogP contribution in [0.2, 0.25) is 0 Å². The van der Waals surface area contributed by atoms with E-state index in [9.17, 15) is 40.5 Å². The van der Waals surface area contributed by atoms with E-state index in [1.807, 2.05) is 13.8 Å². The number of carbonyl (C=O) groups is 1. The van der Waals surface area contributed by atoms with E-state index in [2.05, 4.69) is 0 Å². The van der Waals surface area contributed by atoms with Crippen LogP contribution >= 0.6 is 0 Å². The zero-order chi connectivity index (χ0) is 26.4. The fourth-order valence-electron chi connectivity index (χ4n) is 8.53. The van der Waals surface area contributed by atoms with Gasteiger partial charge in [0.25, 0.3) is 0 Å². The minimum atomic E-state index is -1.74. The lowest BCUT2D eigenvalue weighted by Gasteiger charge is -2.60. The predicted molar refractivity (Wildman–Crippen MR) is 128 cm³/mol. The molecule has 5 unspecified atom stereocenters. The molecule has 0 aliphatic heterocycles. The van der Waals surface area contributed by atoms with Gasteiger partial charge in [0.05, 0.1) is 35.1 Å². The number of aliphatic hydroxyl groups is 7. The van der Waals surface area contributed by atoms with Crippen LogP contribution in [-0.4, -0.2) is 82.7 Å². The molecule has 4 aliphatic rings. The molecular formula is C27H44O8. The van der Waals surface area contributed by atoms with Crippen LogP contribution in [-0.2, 0) is 4.79 Å². The Kier molecular flexibility index (Phi) is 6.46. The number of rotatable bonds is 5. The van der Waals surface area contributed by atoms with Crippen LogP contribution in [0.1, 0.15) is 79.6 Å². The van der Waals surface area contributed by atoms with E-state index >= 15 is 0 Å². The third kappa shape index (κ3) is 3.95. The van der Waals surface area contributed by atoms with Crippen LogP contribution in [0.5, 0.6) is 0 Å². The van der Waals surface area contributed by atoms with Crippen molar-refractivity contribution in [1.82, 2.24) is 0 Å². The summed E-state index contributed by atoms with van der Waals surface area (Å²) in [6, 6.07) is 0. The molecule has 0 spiro atoms. The highest BCUT2D eigenvalue weighted by atomic mass is 16.4. The first kappa shape index (κ1) is 27.2. The second-order valence-corrected chi connectivity index (χ2v) is 13.3. The standard InChI is InChI=1S/C27H44O8/c1-23(2,33)12-20(31)22(32)26(5,34)21-7-9-27(35)15-10-17(28)16-11-18(29)19(30)13-24(16,3)14(15)6-8-25(21,27)4/h10,14,16,18-22,29-35H,6-9,11-13H2,1-5H3/t14-,16?,18?,19?,20?,21-,22?,24+,25+,26+,27+/m0/s1. The zero-order valence-corrected chi connectivity index (χ0v) is 21.6. The highest BCUT2D eigenvalue weighted by Gasteiger charge is 2.69. The largest absolute Gasteiger partial charge is 0.390 e. The Bertz CT molecular complexity index is 892. The molecule has 0 radical (unpaired) electrons. The van der Waals surface area contributed by atoms with Gasteiger partial charge in [-0.05, 0) is 88.2 Å². The Morgan fingerprint density at radius 2 is 1.66 bits per heavy atom. The third-order valence-corrected chi connectivity index (χ3v) is 10.5. The average Bonchev–Trinajstić information content (AvgIpc) is 3.00. The van der Waals surface area contributed by atoms with Crippen molar-refractivity contribution in [2.45, 2.75) is 121 Å². The van der Waals surface area contributed by atoms with Crippen molar-refractivity contribution in [3.8, 4) is 0 Å². The maximum absolute atomic E-state index is 13.3. The summed E-state index contributed by atoms with van der Waals surface area (Å²) < 4.78 is 0. The van der Waals surface area contributed by atoms with E-state index in [4.69, 9.17) is 0 Å². The van der Waals surface area contributed by atoms with Gasteiger partial charge in [-0.3, -0.25) is 4.79 Å². The Balaban J connectivity index is 1.68. The highest BCUT2D eigenvalue weighted by Crippen LogP contribution is 2.68. The third-order valence-electron chi connectivity index (χ3n) is 10.5. The van der Waals surface area contributed by atoms with Gasteiger partial charge in [-0.25, -0.2) is 0 Å². The minimum Gasteiger partial charge on any atom is -0.390 e. The molecule has 0 aromatic carbocycles. The van der Waals surface area contributed by atoms with Gasteiger partial charge in [0, 0.05) is 17.8 Å². The van der Waals surface area contributed by atoms with Crippen LogP contribution in [0.15, 0.2) is 11.6 Å². The molecule has 200 valence electrons. The van der Waals surface area contributed by atoms with Gasteiger partial charge in [-0.1, -0.05) is 13.8 Å². The first-order valence-electron chi connectivity index (χ1n) is 13.0. The van der Waals surface area contributed by atoms with Gasteiger partial charge in [0.1, 0.15) is 6.10 Å². The van der Waals surface area contributed by atoms with E-state index in [0.717, 1.165) is 0 Å². The van der Waals surface area contributed by atoms with Crippen molar-refractivity contribution in [3.63, 3.8) is 0 Å². The maximum Gasteiger partial charge on any atom is 0.159 e. The normalized spacial score (nSPS) is 47.1. The molecule has 0 bridgehead atoms. The molecule has 7 N–H and O–H groups in total. The van der Waals surface area contributed by atoms with E-state index < -0.39 is 63.9 Å². The summed E-state index contributed by atoms with van der Waals surface area (Å²) in [4.78, 5) is 13.3. The molecule has 3 saturated carbocycles. The fourth-order valence-corrected chi connectivity index (χ4v) is 8.53. The second kappa shape index (κ2) is 8.32. The lowest BCUT2D eigenvalue weighted by molar-refractivity contribution is -0.194. The van der Waals surface area contributed by atoms with Crippen LogP contribution in [0, 0.1) is 28.6 Å². The summed E-state index contributed by atoms with van der Waals surface area (Å²) >= 11 is 0. The number of hydrogen-bond donors (Lipinski definition) is 7. The molecule has 11 atom stereocenters. The molecule has 0 aromatic rings. The predicted octanol–water partition coefficient (Wildman–Crippen LogP) is 0.825. The van der Waals surface area contributed by atoms with E-state index in [-0.39, 0.29) is 31.0 Å². The van der Waals surface area contributed by atoms with E-state index in [1.165, 1.54) is 20.8 Å². The number of ketones is 1. The summed E-state index contributed by atoms with van der Waals surface area (Å²) in [5, 5.41) is 76.1. The molecule has 8 heteroatoms. The molecular weight excluding hydrogens is 452 g/mol. The minimum absolute atomic E-state index is 0.117. The lowest BCUT2D eigenvalue weighted by atomic mass is 9.45. The second-order valence-electron chi connectivity index (χ2n) is 13.3. The Labute approximate surface area is 207 Å². The number of fused-ring (bicyclic) bond motifs is 5. The summed E-state index contributed by atoms with van der Waals surface area (Å²) in [7, 11) is 0. The van der Waals surface area contributed by atoms with Crippen molar-refractivity contribution < 1.29 is 40.5 Å². The quantitative estimate of drug-likeness (QED) is 0.295. The maximum atomic E-state index is 13.3. The number of aliphatic hydroxyl groups excluding tert-OH is 4. The first-order valence-corrected chi connectivity index (χ1v) is 13.0. The first-order chi connectivity index (χ1) is 15.9. The van der Waals surface area contributed by atoms with Crippen molar-refractivity contribution in [1.29, 1.82) is 0 Å². The average molecular weight is 497 g/mol. The molecule has 0 saturated heterocycles. The Morgan fingerprint density at radius 3 is 2.26 bits per heavy atom. The van der Waals surface area contributed by atoms with Crippen LogP contribution in [0.4, 0.5) is 0 Å². The number of carbonyl (C=O) groups excluding carboxylic acids is 1. The summed E-state index contributed by atoms with van der Waals surface area (Å²) in [5.74, 6) is -1.26. The Morgan fingerprint density at radius 1 is 1.03 bits per heavy atom. The van der Waals surface area contributed by atoms with Gasteiger partial charge in [0.15, 0.2) is 5.78 Å². The molecule has 0 heterocycles. The molecule has 0 amide bonds. The molecule has 0 aromatic heterocycles. The van der Waals surface area contributed by atoms with Crippen LogP contribution in [0.3, 0.4) is 0 Å². The summed E-state index contributed by atoms with van der Waals surface area (Å²) in [6.45, 7) is 8.40. The molecule has 4 aliphatic carbocycles. The van der Waals surface area contributed by atoms with Gasteiger partial charge in [-0.15, -0.1) is 0 Å². The van der Waals surface area contributed by atoms with Gasteiger partial charge in [0.2, 0.25) is 0 Å². The number of allylic oxidation sites excluding steroid dienone is 1. The molecule has 4 rings (SSSR count). The smallest absolute Gasteiger partial charge is 0.159 e. The molecule has 35 heavy (non-hydrogen) atoms. The van der Waals surface area contributed by atoms with E-state index in [1.54, 1.807) is 6.08 Å². The van der Waals surface area contributed by atoms with Gasteiger partial charge in [-0.2, -0.15) is 0 Å². The van der Waals surface area contributed by atoms with Crippen molar-refractivity contribution >= 4 is 5.78 Å². The summed E-state index contributed by atoms with van der Waals surface area (Å²) in [6.07, 6.45) is -0.952. The topological polar surface area (TPSA) is 159 Å². The monoisotopic (exact) mass is 496 g/mol. The van der Waals surface area contributed by atoms with Crippen molar-refractivity contribution in [2.75, 3.05) is 0 Å². The van der Waals surface area contributed by atoms with Crippen molar-refractivity contribution in [3.05, 3.63) is 11.6 Å². The van der Waals surface area contributed by atoms with Crippen LogP contribution < -0.4 is 0 Å². The highest BCUT2D eigenvalue weighted by molar-refractivity contribution is 5.95. The van der Waals surface area contributed by atoms with Crippen molar-refractivity contribution in [2.24, 2.45) is 28.6 Å². The van der Waals surface area contributed by atoms with E-state index in [0.29, 0.717) is 31.3 Å². The number of hydrogen-bond acceptors (Lipinski definition) is 8. The molecule has 3 fully saturated rings. The van der Waals surface area contributed by atoms with Gasteiger partial charge < -0.3 is 35.7 Å². The van der Waals surface area contributed by atoms with Gasteiger partial charge >= 0.3 is 0 Å². The molecule has 8 nitrogen and oxygen atoms in total. The Hall–Kier alpha value is -0.870. The lowest BCUT2D eigenvalue weighted by Crippen LogP contribution is -2.63. The van der Waals surface area contributed by atoms with Crippen LogP contribution in [0.25, 0.3) is 0 Å². The SMILES string of the molecule is CC(C)(O)CC(O)C(O)[C@](C)(O)[C@H]1CC[C@@]2(O)C3=CC(=O)C4CC(O)C(O)C[C@]4(C)[C@H]3CC[C@]12C. The fraction of sp³-hybridized carbons (Fsp3) is 0.889. The zero-order valence-electron chi connectivity index (χ0n) is 21.6. The summed E-state index contributed by atoms with van der Waals surface area (Å²) in [5.41, 5.74) is -5.15.